The van der Waals surface area contributed by atoms with Gasteiger partial charge in [0.1, 0.15) is 17.2 Å². The minimum absolute atomic E-state index is 0.113. The topological polar surface area (TPSA) is 65.4 Å². The molecule has 0 spiro atoms. The Morgan fingerprint density at radius 1 is 1.09 bits per heavy atom. The van der Waals surface area contributed by atoms with Gasteiger partial charge < -0.3 is 14.8 Å². The van der Waals surface area contributed by atoms with Crippen LogP contribution in [0.15, 0.2) is 85.1 Å². The lowest BCUT2D eigenvalue weighted by molar-refractivity contribution is 0.0925. The Balaban J connectivity index is 1.49. The van der Waals surface area contributed by atoms with Crippen molar-refractivity contribution in [2.45, 2.75) is 19.0 Å². The summed E-state index contributed by atoms with van der Waals surface area (Å²) in [6.07, 6.45) is 2.54. The molecular weight excluding hydrogens is 414 g/mol. The number of ether oxygens (including phenoxy) is 2. The maximum absolute atomic E-state index is 13.5. The zero-order chi connectivity index (χ0) is 22.6. The minimum atomic E-state index is -0.158. The molecule has 1 aliphatic heterocycles. The third-order valence-electron chi connectivity index (χ3n) is 5.80. The summed E-state index contributed by atoms with van der Waals surface area (Å²) >= 11 is 0. The van der Waals surface area contributed by atoms with Crippen LogP contribution in [-0.2, 0) is 6.54 Å². The average molecular weight is 440 g/mol. The molecule has 1 amide bonds. The molecule has 1 N–H and O–H groups in total. The smallest absolute Gasteiger partial charge is 0.255 e. The van der Waals surface area contributed by atoms with E-state index in [1.807, 2.05) is 89.7 Å². The van der Waals surface area contributed by atoms with Crippen LogP contribution in [-0.4, -0.2) is 29.4 Å². The van der Waals surface area contributed by atoms with E-state index in [1.165, 1.54) is 0 Å². The third-order valence-corrected chi connectivity index (χ3v) is 5.80. The van der Waals surface area contributed by atoms with E-state index in [4.69, 9.17) is 14.6 Å². The monoisotopic (exact) mass is 439 g/mol. The SMILES string of the molecule is COc1cccc(-c2nn(Cc3ccccc3)cc2C(=O)N[C@@H]2CCOc3ccccc32)c1. The van der Waals surface area contributed by atoms with E-state index in [-0.39, 0.29) is 11.9 Å². The Kier molecular flexibility index (Phi) is 5.81. The predicted molar refractivity (Wildman–Crippen MR) is 127 cm³/mol. The van der Waals surface area contributed by atoms with Crippen LogP contribution in [0.2, 0.25) is 0 Å². The molecule has 1 atom stereocenters. The zero-order valence-corrected chi connectivity index (χ0v) is 18.4. The number of methoxy groups -OCH3 is 1. The van der Waals surface area contributed by atoms with Gasteiger partial charge in [-0.15, -0.1) is 0 Å². The lowest BCUT2D eigenvalue weighted by Gasteiger charge is -2.26. The molecule has 3 aromatic carbocycles. The van der Waals surface area contributed by atoms with E-state index in [2.05, 4.69) is 5.32 Å². The number of amides is 1. The van der Waals surface area contributed by atoms with Gasteiger partial charge in [0.2, 0.25) is 0 Å². The summed E-state index contributed by atoms with van der Waals surface area (Å²) in [6, 6.07) is 25.4. The van der Waals surface area contributed by atoms with Crippen LogP contribution >= 0.6 is 0 Å². The van der Waals surface area contributed by atoms with Crippen molar-refractivity contribution in [2.24, 2.45) is 0 Å². The summed E-state index contributed by atoms with van der Waals surface area (Å²) in [6.45, 7) is 1.14. The first kappa shape index (κ1) is 20.8. The fourth-order valence-corrected chi connectivity index (χ4v) is 4.15. The fourth-order valence-electron chi connectivity index (χ4n) is 4.15. The third kappa shape index (κ3) is 4.46. The Bertz CT molecular complexity index is 1270. The molecule has 5 rings (SSSR count). The second-order valence-corrected chi connectivity index (χ2v) is 8.01. The van der Waals surface area contributed by atoms with Crippen LogP contribution in [0.5, 0.6) is 11.5 Å². The highest BCUT2D eigenvalue weighted by Gasteiger charge is 2.26. The van der Waals surface area contributed by atoms with Crippen LogP contribution < -0.4 is 14.8 Å². The molecule has 6 heteroatoms. The number of nitrogens with one attached hydrogen (secondary N) is 1. The van der Waals surface area contributed by atoms with Crippen molar-refractivity contribution < 1.29 is 14.3 Å². The summed E-state index contributed by atoms with van der Waals surface area (Å²) in [7, 11) is 1.63. The number of hydrogen-bond donors (Lipinski definition) is 1. The molecular formula is C27H25N3O3. The molecule has 0 fully saturated rings. The van der Waals surface area contributed by atoms with Gasteiger partial charge >= 0.3 is 0 Å². The summed E-state index contributed by atoms with van der Waals surface area (Å²) in [4.78, 5) is 13.5. The number of rotatable bonds is 6. The molecule has 0 saturated carbocycles. The van der Waals surface area contributed by atoms with Gasteiger partial charge in [-0.05, 0) is 23.8 Å². The molecule has 0 bridgehead atoms. The number of hydrogen-bond acceptors (Lipinski definition) is 4. The predicted octanol–water partition coefficient (Wildman–Crippen LogP) is 4.86. The lowest BCUT2D eigenvalue weighted by atomic mass is 10.00. The van der Waals surface area contributed by atoms with Crippen molar-refractivity contribution in [3.8, 4) is 22.8 Å². The summed E-state index contributed by atoms with van der Waals surface area (Å²) in [5.41, 5.74) is 4.10. The first-order valence-corrected chi connectivity index (χ1v) is 11.0. The average Bonchev–Trinajstić information content (AvgIpc) is 3.29. The molecule has 6 nitrogen and oxygen atoms in total. The van der Waals surface area contributed by atoms with Gasteiger partial charge in [-0.3, -0.25) is 9.48 Å². The summed E-state index contributed by atoms with van der Waals surface area (Å²) in [5, 5.41) is 7.99. The minimum Gasteiger partial charge on any atom is -0.497 e. The van der Waals surface area contributed by atoms with Crippen molar-refractivity contribution in [2.75, 3.05) is 13.7 Å². The second kappa shape index (κ2) is 9.20. The number of benzene rings is 3. The van der Waals surface area contributed by atoms with E-state index in [1.54, 1.807) is 7.11 Å². The molecule has 166 valence electrons. The van der Waals surface area contributed by atoms with Gasteiger partial charge in [0.15, 0.2) is 0 Å². The second-order valence-electron chi connectivity index (χ2n) is 8.01. The van der Waals surface area contributed by atoms with Gasteiger partial charge in [0.05, 0.1) is 31.9 Å². The van der Waals surface area contributed by atoms with Crippen molar-refractivity contribution in [1.29, 1.82) is 0 Å². The zero-order valence-electron chi connectivity index (χ0n) is 18.4. The highest BCUT2D eigenvalue weighted by molar-refractivity contribution is 6.00. The van der Waals surface area contributed by atoms with Crippen LogP contribution in [0, 0.1) is 0 Å². The Morgan fingerprint density at radius 3 is 2.76 bits per heavy atom. The summed E-state index contributed by atoms with van der Waals surface area (Å²) in [5.74, 6) is 1.38. The number of aromatic nitrogens is 2. The number of carbonyl (C=O) groups is 1. The van der Waals surface area contributed by atoms with Gasteiger partial charge in [0, 0.05) is 23.7 Å². The highest BCUT2D eigenvalue weighted by atomic mass is 16.5. The molecule has 2 heterocycles. The fraction of sp³-hybridized carbons (Fsp3) is 0.185. The summed E-state index contributed by atoms with van der Waals surface area (Å²) < 4.78 is 13.0. The van der Waals surface area contributed by atoms with E-state index >= 15 is 0 Å². The largest absolute Gasteiger partial charge is 0.497 e. The first-order chi connectivity index (χ1) is 16.2. The lowest BCUT2D eigenvalue weighted by Crippen LogP contribution is -2.32. The number of para-hydroxylation sites is 1. The van der Waals surface area contributed by atoms with Crippen LogP contribution in [0.25, 0.3) is 11.3 Å². The van der Waals surface area contributed by atoms with Gasteiger partial charge in [-0.1, -0.05) is 60.7 Å². The van der Waals surface area contributed by atoms with Crippen LogP contribution in [0.3, 0.4) is 0 Å². The van der Waals surface area contributed by atoms with E-state index < -0.39 is 0 Å². The van der Waals surface area contributed by atoms with Gasteiger partial charge in [0.25, 0.3) is 5.91 Å². The van der Waals surface area contributed by atoms with Crippen molar-refractivity contribution >= 4 is 5.91 Å². The number of carbonyl (C=O) groups excluding carboxylic acids is 1. The van der Waals surface area contributed by atoms with E-state index in [0.29, 0.717) is 24.4 Å². The normalized spacial score (nSPS) is 14.8. The Morgan fingerprint density at radius 2 is 1.91 bits per heavy atom. The van der Waals surface area contributed by atoms with Crippen LogP contribution in [0.4, 0.5) is 0 Å². The van der Waals surface area contributed by atoms with E-state index in [9.17, 15) is 4.79 Å². The Hall–Kier alpha value is -4.06. The molecule has 0 unspecified atom stereocenters. The molecule has 4 aromatic rings. The molecule has 1 aromatic heterocycles. The van der Waals surface area contributed by atoms with Crippen LogP contribution in [0.1, 0.15) is 33.9 Å². The maximum Gasteiger partial charge on any atom is 0.255 e. The van der Waals surface area contributed by atoms with Crippen molar-refractivity contribution in [3.05, 3.63) is 102 Å². The number of fused-ring (bicyclic) bond motifs is 1. The van der Waals surface area contributed by atoms with Crippen molar-refractivity contribution in [3.63, 3.8) is 0 Å². The highest BCUT2D eigenvalue weighted by Crippen LogP contribution is 2.32. The maximum atomic E-state index is 13.5. The first-order valence-electron chi connectivity index (χ1n) is 11.0. The molecule has 1 aliphatic rings. The van der Waals surface area contributed by atoms with Gasteiger partial charge in [-0.2, -0.15) is 5.10 Å². The van der Waals surface area contributed by atoms with Gasteiger partial charge in [-0.25, -0.2) is 0 Å². The van der Waals surface area contributed by atoms with Crippen molar-refractivity contribution in [1.82, 2.24) is 15.1 Å². The molecule has 0 radical (unpaired) electrons. The standard InChI is InChI=1S/C27H25N3O3/c1-32-21-11-7-10-20(16-21)26-23(18-30(29-26)17-19-8-3-2-4-9-19)27(31)28-24-14-15-33-25-13-6-5-12-22(24)25/h2-13,16,18,24H,14-15,17H2,1H3,(H,28,31)/t24-/m1/s1. The Labute approximate surface area is 192 Å². The molecule has 0 aliphatic carbocycles. The quantitative estimate of drug-likeness (QED) is 0.466. The molecule has 0 saturated heterocycles. The number of nitrogens with zero attached hydrogens (tertiary/aromatic N) is 2. The molecule has 33 heavy (non-hydrogen) atoms. The van der Waals surface area contributed by atoms with E-state index in [0.717, 1.165) is 34.6 Å².